The van der Waals surface area contributed by atoms with Crippen molar-refractivity contribution in [3.63, 3.8) is 0 Å². The fraction of sp³-hybridized carbons (Fsp3) is 0.583. The van der Waals surface area contributed by atoms with Crippen molar-refractivity contribution in [2.24, 2.45) is 5.73 Å². The van der Waals surface area contributed by atoms with Gasteiger partial charge in [0.05, 0.1) is 7.11 Å². The normalized spacial score (nSPS) is 19.2. The van der Waals surface area contributed by atoms with Crippen molar-refractivity contribution in [1.82, 2.24) is 4.98 Å². The molecule has 16 heavy (non-hydrogen) atoms. The Morgan fingerprint density at radius 3 is 2.56 bits per heavy atom. The number of ether oxygens (including phenoxy) is 1. The van der Waals surface area contributed by atoms with Crippen LogP contribution in [0.15, 0.2) is 6.07 Å². The molecular weight excluding hydrogens is 204 g/mol. The van der Waals surface area contributed by atoms with Gasteiger partial charge in [0.15, 0.2) is 0 Å². The number of hydrogen-bond acceptors (Lipinski definition) is 3. The van der Waals surface area contributed by atoms with E-state index in [0.29, 0.717) is 0 Å². The maximum atomic E-state index is 11.5. The highest BCUT2D eigenvalue weighted by molar-refractivity contribution is 5.79. The number of aryl methyl sites for hydroxylation is 2. The average molecular weight is 222 g/mol. The maximum absolute atomic E-state index is 11.5. The lowest BCUT2D eigenvalue weighted by molar-refractivity contribution is -0.143. The number of rotatable bonds is 3. The highest BCUT2D eigenvalue weighted by atomic mass is 16.5. The van der Waals surface area contributed by atoms with Gasteiger partial charge in [-0.15, -0.1) is 0 Å². The molecule has 0 spiro atoms. The molecule has 0 aliphatic heterocycles. The summed E-state index contributed by atoms with van der Waals surface area (Å²) in [5.41, 5.74) is 9.18. The number of nitrogens with two attached hydrogens (primary N) is 1. The van der Waals surface area contributed by atoms with Gasteiger partial charge in [0, 0.05) is 16.8 Å². The zero-order valence-electron chi connectivity index (χ0n) is 9.96. The number of hydrogen-bond donors (Lipinski definition) is 2. The smallest absolute Gasteiger partial charge is 0.323 e. The molecule has 0 amide bonds. The third-order valence-corrected chi connectivity index (χ3v) is 3.53. The van der Waals surface area contributed by atoms with Crippen LogP contribution >= 0.6 is 0 Å². The SMILES string of the molecule is COC(=O)C(N)C1(c2cc(C)[nH]c2C)CC1. The van der Waals surface area contributed by atoms with Gasteiger partial charge >= 0.3 is 5.97 Å². The number of methoxy groups -OCH3 is 1. The molecule has 0 bridgehead atoms. The van der Waals surface area contributed by atoms with Gasteiger partial charge in [-0.2, -0.15) is 0 Å². The standard InChI is InChI=1S/C12H18N2O2/c1-7-6-9(8(2)14-7)12(4-5-12)10(13)11(15)16-3/h6,10,14H,4-5,13H2,1-3H3. The first-order valence-electron chi connectivity index (χ1n) is 5.51. The molecule has 1 aliphatic rings. The Morgan fingerprint density at radius 1 is 1.56 bits per heavy atom. The number of aromatic amines is 1. The molecule has 0 aromatic carbocycles. The van der Waals surface area contributed by atoms with Gasteiger partial charge in [0.25, 0.3) is 0 Å². The van der Waals surface area contributed by atoms with E-state index in [1.165, 1.54) is 12.7 Å². The van der Waals surface area contributed by atoms with Crippen LogP contribution in [0.2, 0.25) is 0 Å². The second kappa shape index (κ2) is 3.63. The van der Waals surface area contributed by atoms with Crippen molar-refractivity contribution in [3.05, 3.63) is 23.0 Å². The van der Waals surface area contributed by atoms with Gasteiger partial charge in [-0.1, -0.05) is 0 Å². The molecule has 4 heteroatoms. The van der Waals surface area contributed by atoms with Crippen molar-refractivity contribution in [2.75, 3.05) is 7.11 Å². The van der Waals surface area contributed by atoms with Crippen molar-refractivity contribution in [2.45, 2.75) is 38.1 Å². The number of esters is 1. The summed E-state index contributed by atoms with van der Waals surface area (Å²) in [4.78, 5) is 14.8. The van der Waals surface area contributed by atoms with E-state index >= 15 is 0 Å². The molecule has 1 atom stereocenters. The summed E-state index contributed by atoms with van der Waals surface area (Å²) in [5.74, 6) is -0.323. The molecule has 1 saturated carbocycles. The monoisotopic (exact) mass is 222 g/mol. The maximum Gasteiger partial charge on any atom is 0.323 e. The summed E-state index contributed by atoms with van der Waals surface area (Å²) in [5, 5.41) is 0. The molecule has 1 aromatic rings. The van der Waals surface area contributed by atoms with E-state index in [-0.39, 0.29) is 11.4 Å². The zero-order valence-corrected chi connectivity index (χ0v) is 9.96. The van der Waals surface area contributed by atoms with Crippen molar-refractivity contribution in [3.8, 4) is 0 Å². The van der Waals surface area contributed by atoms with E-state index < -0.39 is 6.04 Å². The van der Waals surface area contributed by atoms with Gasteiger partial charge in [-0.3, -0.25) is 4.79 Å². The summed E-state index contributed by atoms with van der Waals surface area (Å²) >= 11 is 0. The summed E-state index contributed by atoms with van der Waals surface area (Å²) in [6, 6.07) is 1.54. The van der Waals surface area contributed by atoms with Gasteiger partial charge in [0.2, 0.25) is 0 Å². The molecule has 3 N–H and O–H groups in total. The average Bonchev–Trinajstić information content (AvgIpc) is 2.98. The Bertz CT molecular complexity index is 419. The Morgan fingerprint density at radius 2 is 2.19 bits per heavy atom. The Labute approximate surface area is 95.2 Å². The number of carbonyl (C=O) groups excluding carboxylic acids is 1. The fourth-order valence-electron chi connectivity index (χ4n) is 2.48. The van der Waals surface area contributed by atoms with E-state index in [4.69, 9.17) is 10.5 Å². The lowest BCUT2D eigenvalue weighted by atomic mass is 9.88. The van der Waals surface area contributed by atoms with Crippen molar-refractivity contribution < 1.29 is 9.53 Å². The van der Waals surface area contributed by atoms with Crippen LogP contribution in [0.5, 0.6) is 0 Å². The Kier molecular flexibility index (Phi) is 2.54. The molecule has 4 nitrogen and oxygen atoms in total. The Hall–Kier alpha value is -1.29. The first-order valence-corrected chi connectivity index (χ1v) is 5.51. The molecular formula is C12H18N2O2. The number of nitrogens with one attached hydrogen (secondary N) is 1. The van der Waals surface area contributed by atoms with E-state index in [2.05, 4.69) is 11.1 Å². The third-order valence-electron chi connectivity index (χ3n) is 3.53. The van der Waals surface area contributed by atoms with E-state index in [0.717, 1.165) is 24.2 Å². The van der Waals surface area contributed by atoms with Gasteiger partial charge in [-0.05, 0) is 38.3 Å². The summed E-state index contributed by atoms with van der Waals surface area (Å²) in [6.07, 6.45) is 1.92. The van der Waals surface area contributed by atoms with Crippen LogP contribution in [-0.2, 0) is 14.9 Å². The number of aromatic nitrogens is 1. The molecule has 1 fully saturated rings. The van der Waals surface area contributed by atoms with Gasteiger partial charge < -0.3 is 15.5 Å². The van der Waals surface area contributed by atoms with Crippen LogP contribution < -0.4 is 5.73 Å². The molecule has 2 rings (SSSR count). The van der Waals surface area contributed by atoms with E-state index in [9.17, 15) is 4.79 Å². The van der Waals surface area contributed by atoms with Crippen LogP contribution in [0, 0.1) is 13.8 Å². The van der Waals surface area contributed by atoms with Gasteiger partial charge in [-0.25, -0.2) is 0 Å². The molecule has 1 aliphatic carbocycles. The summed E-state index contributed by atoms with van der Waals surface area (Å²) in [7, 11) is 1.38. The molecule has 0 radical (unpaired) electrons. The lowest BCUT2D eigenvalue weighted by Crippen LogP contribution is -2.43. The highest BCUT2D eigenvalue weighted by Gasteiger charge is 2.53. The van der Waals surface area contributed by atoms with Crippen LogP contribution in [0.1, 0.15) is 29.8 Å². The minimum absolute atomic E-state index is 0.193. The quantitative estimate of drug-likeness (QED) is 0.754. The third kappa shape index (κ3) is 1.53. The predicted octanol–water partition coefficient (Wildman–Crippen LogP) is 1.16. The molecule has 0 saturated heterocycles. The second-order valence-corrected chi connectivity index (χ2v) is 4.65. The summed E-state index contributed by atoms with van der Waals surface area (Å²) < 4.78 is 4.73. The minimum atomic E-state index is -0.550. The molecule has 1 aromatic heterocycles. The number of H-pyrrole nitrogens is 1. The van der Waals surface area contributed by atoms with Crippen LogP contribution in [-0.4, -0.2) is 24.1 Å². The van der Waals surface area contributed by atoms with E-state index in [1.54, 1.807) is 0 Å². The minimum Gasteiger partial charge on any atom is -0.468 e. The lowest BCUT2D eigenvalue weighted by Gasteiger charge is -2.21. The van der Waals surface area contributed by atoms with Crippen LogP contribution in [0.3, 0.4) is 0 Å². The second-order valence-electron chi connectivity index (χ2n) is 4.65. The van der Waals surface area contributed by atoms with Crippen LogP contribution in [0.4, 0.5) is 0 Å². The predicted molar refractivity (Wildman–Crippen MR) is 61.2 cm³/mol. The fourth-order valence-corrected chi connectivity index (χ4v) is 2.48. The zero-order chi connectivity index (χ0) is 11.9. The Balaban J connectivity index is 2.33. The topological polar surface area (TPSA) is 68.1 Å². The molecule has 1 unspecified atom stereocenters. The van der Waals surface area contributed by atoms with E-state index in [1.807, 2.05) is 13.8 Å². The van der Waals surface area contributed by atoms with Crippen LogP contribution in [0.25, 0.3) is 0 Å². The molecule has 1 heterocycles. The first-order chi connectivity index (χ1) is 7.51. The largest absolute Gasteiger partial charge is 0.468 e. The highest BCUT2D eigenvalue weighted by Crippen LogP contribution is 2.51. The van der Waals surface area contributed by atoms with Crippen molar-refractivity contribution in [1.29, 1.82) is 0 Å². The first kappa shape index (κ1) is 11.2. The van der Waals surface area contributed by atoms with Gasteiger partial charge in [0.1, 0.15) is 6.04 Å². The number of carbonyl (C=O) groups is 1. The molecule has 88 valence electrons. The van der Waals surface area contributed by atoms with Crippen molar-refractivity contribution >= 4 is 5.97 Å². The summed E-state index contributed by atoms with van der Waals surface area (Å²) in [6.45, 7) is 4.03.